The van der Waals surface area contributed by atoms with Crippen molar-refractivity contribution < 1.29 is 8.81 Å². The van der Waals surface area contributed by atoms with Crippen LogP contribution in [0.5, 0.6) is 0 Å². The van der Waals surface area contributed by atoms with Gasteiger partial charge >= 0.3 is 0 Å². The van der Waals surface area contributed by atoms with Crippen molar-refractivity contribution in [2.45, 2.75) is 51.0 Å². The van der Waals surface area contributed by atoms with Crippen molar-refractivity contribution in [2.24, 2.45) is 11.8 Å². The van der Waals surface area contributed by atoms with Crippen molar-refractivity contribution in [3.8, 4) is 17.4 Å². The van der Waals surface area contributed by atoms with E-state index < -0.39 is 0 Å². The summed E-state index contributed by atoms with van der Waals surface area (Å²) in [5, 5.41) is 12.6. The van der Waals surface area contributed by atoms with Gasteiger partial charge < -0.3 is 14.6 Å². The van der Waals surface area contributed by atoms with Crippen LogP contribution in [-0.4, -0.2) is 24.1 Å². The van der Waals surface area contributed by atoms with Crippen LogP contribution in [0.25, 0.3) is 11.3 Å². The Kier molecular flexibility index (Phi) is 6.80. The number of rotatable bonds is 6. The summed E-state index contributed by atoms with van der Waals surface area (Å²) in [4.78, 5) is 6.66. The van der Waals surface area contributed by atoms with Gasteiger partial charge in [-0.25, -0.2) is 9.37 Å². The molecule has 5 nitrogen and oxygen atoms in total. The first-order valence-corrected chi connectivity index (χ1v) is 12.4. The highest BCUT2D eigenvalue weighted by atomic mass is 19.1. The van der Waals surface area contributed by atoms with Gasteiger partial charge in [0.1, 0.15) is 5.82 Å². The molecule has 1 aromatic heterocycles. The molecular formula is C28H31FN4O. The van der Waals surface area contributed by atoms with E-state index in [1.54, 1.807) is 18.3 Å². The third-order valence-electron chi connectivity index (χ3n) is 7.35. The van der Waals surface area contributed by atoms with Crippen LogP contribution < -0.4 is 10.2 Å². The molecule has 2 heterocycles. The lowest BCUT2D eigenvalue weighted by Crippen LogP contribution is -2.39. The van der Waals surface area contributed by atoms with Crippen LogP contribution in [0.2, 0.25) is 0 Å². The maximum absolute atomic E-state index is 14.6. The lowest BCUT2D eigenvalue weighted by atomic mass is 9.77. The van der Waals surface area contributed by atoms with E-state index in [9.17, 15) is 4.39 Å². The molecule has 5 rings (SSSR count). The number of hydrogen-bond acceptors (Lipinski definition) is 5. The summed E-state index contributed by atoms with van der Waals surface area (Å²) >= 11 is 0. The van der Waals surface area contributed by atoms with Gasteiger partial charge in [0, 0.05) is 24.7 Å². The highest BCUT2D eigenvalue weighted by Gasteiger charge is 2.31. The first-order valence-electron chi connectivity index (χ1n) is 12.4. The smallest absolute Gasteiger partial charge is 0.295 e. The number of aromatic nitrogens is 1. The SMILES string of the molecule is N#Cc1ccc(N2CCC[C@H](C[C@@H]3CCCC[C@H]3Nc3ncc(-c4ccccc4)o3)C2)c(F)c1. The number of halogens is 1. The minimum Gasteiger partial charge on any atom is -0.424 e. The minimum absolute atomic E-state index is 0.296. The van der Waals surface area contributed by atoms with Gasteiger partial charge in [-0.3, -0.25) is 0 Å². The molecule has 2 aromatic carbocycles. The van der Waals surface area contributed by atoms with Gasteiger partial charge in [0.25, 0.3) is 6.01 Å². The molecule has 0 radical (unpaired) electrons. The van der Waals surface area contributed by atoms with Crippen molar-refractivity contribution in [3.05, 3.63) is 66.1 Å². The highest BCUT2D eigenvalue weighted by Crippen LogP contribution is 2.36. The Balaban J connectivity index is 1.23. The fraction of sp³-hybridized carbons (Fsp3) is 0.429. The van der Waals surface area contributed by atoms with Crippen molar-refractivity contribution >= 4 is 11.7 Å². The van der Waals surface area contributed by atoms with E-state index in [1.165, 1.54) is 31.7 Å². The van der Waals surface area contributed by atoms with Crippen molar-refractivity contribution in [3.63, 3.8) is 0 Å². The van der Waals surface area contributed by atoms with Gasteiger partial charge in [0.2, 0.25) is 0 Å². The lowest BCUT2D eigenvalue weighted by Gasteiger charge is -2.39. The lowest BCUT2D eigenvalue weighted by molar-refractivity contribution is 0.245. The molecule has 2 fully saturated rings. The quantitative estimate of drug-likeness (QED) is 0.449. The van der Waals surface area contributed by atoms with Crippen LogP contribution in [0, 0.1) is 29.0 Å². The summed E-state index contributed by atoms with van der Waals surface area (Å²) in [6, 6.07) is 17.8. The second kappa shape index (κ2) is 10.3. The molecule has 1 saturated heterocycles. The van der Waals surface area contributed by atoms with Gasteiger partial charge in [-0.2, -0.15) is 5.26 Å². The van der Waals surface area contributed by atoms with E-state index in [-0.39, 0.29) is 5.82 Å². The zero-order valence-corrected chi connectivity index (χ0v) is 19.4. The Labute approximate surface area is 200 Å². The van der Waals surface area contributed by atoms with Crippen LogP contribution in [0.3, 0.4) is 0 Å². The van der Waals surface area contributed by atoms with E-state index in [0.29, 0.717) is 35.1 Å². The zero-order valence-electron chi connectivity index (χ0n) is 19.4. The molecular weight excluding hydrogens is 427 g/mol. The summed E-state index contributed by atoms with van der Waals surface area (Å²) in [5.74, 6) is 1.56. The van der Waals surface area contributed by atoms with Crippen LogP contribution in [0.1, 0.15) is 50.5 Å². The Morgan fingerprint density at radius 1 is 1.09 bits per heavy atom. The molecule has 176 valence electrons. The molecule has 1 saturated carbocycles. The molecule has 0 unspecified atom stereocenters. The average Bonchev–Trinajstić information content (AvgIpc) is 3.34. The molecule has 0 spiro atoms. The largest absolute Gasteiger partial charge is 0.424 e. The zero-order chi connectivity index (χ0) is 23.3. The van der Waals surface area contributed by atoms with Gasteiger partial charge in [-0.1, -0.05) is 43.2 Å². The number of nitrogens with one attached hydrogen (secondary N) is 1. The topological polar surface area (TPSA) is 65.1 Å². The fourth-order valence-corrected chi connectivity index (χ4v) is 5.65. The predicted octanol–water partition coefficient (Wildman–Crippen LogP) is 6.63. The molecule has 1 aliphatic heterocycles. The van der Waals surface area contributed by atoms with Crippen molar-refractivity contribution in [1.82, 2.24) is 4.98 Å². The third-order valence-corrected chi connectivity index (χ3v) is 7.35. The summed E-state index contributed by atoms with van der Waals surface area (Å²) in [7, 11) is 0. The molecule has 0 bridgehead atoms. The number of benzene rings is 2. The van der Waals surface area contributed by atoms with Crippen molar-refractivity contribution in [2.75, 3.05) is 23.3 Å². The standard InChI is InChI=1S/C28H31FN4O/c29-24-16-20(17-30)12-13-26(24)33-14-6-7-21(19-33)15-23-10-4-5-11-25(23)32-28-31-18-27(34-28)22-8-2-1-3-9-22/h1-3,8-9,12-13,16,18,21,23,25H,4-7,10-11,14-15,19H2,(H,31,32)/t21-,23+,25-/m1/s1. The Bertz CT molecular complexity index is 1140. The first kappa shape index (κ1) is 22.5. The molecule has 1 N–H and O–H groups in total. The van der Waals surface area contributed by atoms with Gasteiger partial charge in [0.15, 0.2) is 5.76 Å². The van der Waals surface area contributed by atoms with Gasteiger partial charge in [-0.15, -0.1) is 0 Å². The Hall–Kier alpha value is -3.33. The van der Waals surface area contributed by atoms with Crippen LogP contribution in [-0.2, 0) is 0 Å². The van der Waals surface area contributed by atoms with E-state index >= 15 is 0 Å². The monoisotopic (exact) mass is 458 g/mol. The van der Waals surface area contributed by atoms with Crippen LogP contribution >= 0.6 is 0 Å². The summed E-state index contributed by atoms with van der Waals surface area (Å²) in [5.41, 5.74) is 2.02. The average molecular weight is 459 g/mol. The molecule has 3 atom stereocenters. The number of nitriles is 1. The number of piperidine rings is 1. The molecule has 2 aliphatic rings. The number of nitrogens with zero attached hydrogens (tertiary/aromatic N) is 3. The third kappa shape index (κ3) is 5.09. The molecule has 34 heavy (non-hydrogen) atoms. The van der Waals surface area contributed by atoms with Gasteiger partial charge in [-0.05, 0) is 62.1 Å². The van der Waals surface area contributed by atoms with Crippen LogP contribution in [0.15, 0.2) is 59.1 Å². The number of oxazole rings is 1. The minimum atomic E-state index is -0.296. The Morgan fingerprint density at radius 3 is 2.76 bits per heavy atom. The molecule has 0 amide bonds. The van der Waals surface area contributed by atoms with E-state index in [1.807, 2.05) is 36.4 Å². The Morgan fingerprint density at radius 2 is 1.94 bits per heavy atom. The van der Waals surface area contributed by atoms with E-state index in [4.69, 9.17) is 9.68 Å². The van der Waals surface area contributed by atoms with Gasteiger partial charge in [0.05, 0.1) is 23.5 Å². The maximum atomic E-state index is 14.6. The summed E-state index contributed by atoms with van der Waals surface area (Å²) in [6.07, 6.45) is 9.95. The first-order chi connectivity index (χ1) is 16.7. The van der Waals surface area contributed by atoms with E-state index in [0.717, 1.165) is 43.7 Å². The van der Waals surface area contributed by atoms with Crippen LogP contribution in [0.4, 0.5) is 16.1 Å². The number of anilines is 2. The normalized spacial score (nSPS) is 22.8. The maximum Gasteiger partial charge on any atom is 0.295 e. The molecule has 3 aromatic rings. The van der Waals surface area contributed by atoms with Crippen molar-refractivity contribution in [1.29, 1.82) is 5.26 Å². The second-order valence-corrected chi connectivity index (χ2v) is 9.66. The molecule has 1 aliphatic carbocycles. The molecule has 6 heteroatoms. The number of hydrogen-bond donors (Lipinski definition) is 1. The summed E-state index contributed by atoms with van der Waals surface area (Å²) < 4.78 is 20.6. The fourth-order valence-electron chi connectivity index (χ4n) is 5.65. The predicted molar refractivity (Wildman–Crippen MR) is 132 cm³/mol. The van der Waals surface area contributed by atoms with E-state index in [2.05, 4.69) is 15.2 Å². The highest BCUT2D eigenvalue weighted by molar-refractivity contribution is 5.57. The summed E-state index contributed by atoms with van der Waals surface area (Å²) in [6.45, 7) is 1.73. The second-order valence-electron chi connectivity index (χ2n) is 9.66.